The number of anilines is 1. The minimum atomic E-state index is -4.09. The van der Waals surface area contributed by atoms with Crippen LogP contribution in [0.1, 0.15) is 35.7 Å². The smallest absolute Gasteiger partial charge is 0.265 e. The van der Waals surface area contributed by atoms with Crippen molar-refractivity contribution in [3.05, 3.63) is 64.9 Å². The Morgan fingerprint density at radius 2 is 1.97 bits per heavy atom. The fraction of sp³-hybridized carbons (Fsp3) is 0.250. The Morgan fingerprint density at radius 3 is 2.68 bits per heavy atom. The summed E-state index contributed by atoms with van der Waals surface area (Å²) in [7, 11) is -4.09. The van der Waals surface area contributed by atoms with Crippen LogP contribution in [0.15, 0.2) is 58.6 Å². The van der Waals surface area contributed by atoms with E-state index in [9.17, 15) is 13.2 Å². The number of nitrogens with one attached hydrogen (secondary N) is 2. The molecular formula is C20H22ClN5O3S2. The molecule has 0 saturated carbocycles. The molecule has 0 aliphatic heterocycles. The third-order valence-corrected chi connectivity index (χ3v) is 6.67. The molecule has 0 unspecified atom stereocenters. The first-order valence-electron chi connectivity index (χ1n) is 9.57. The van der Waals surface area contributed by atoms with Crippen molar-refractivity contribution in [3.8, 4) is 0 Å². The number of amides is 1. The lowest BCUT2D eigenvalue weighted by Crippen LogP contribution is -2.24. The Morgan fingerprint density at radius 1 is 1.23 bits per heavy atom. The number of rotatable bonds is 9. The zero-order chi connectivity index (χ0) is 22.4. The van der Waals surface area contributed by atoms with Crippen molar-refractivity contribution < 1.29 is 13.2 Å². The van der Waals surface area contributed by atoms with E-state index < -0.39 is 15.9 Å². The maximum atomic E-state index is 13.0. The van der Waals surface area contributed by atoms with E-state index in [-0.39, 0.29) is 32.9 Å². The maximum absolute atomic E-state index is 13.0. The van der Waals surface area contributed by atoms with E-state index in [2.05, 4.69) is 32.9 Å². The number of carbonyl (C=O) groups excluding carboxylic acids is 1. The van der Waals surface area contributed by atoms with Crippen molar-refractivity contribution in [2.45, 2.75) is 42.6 Å². The third kappa shape index (κ3) is 5.78. The molecule has 31 heavy (non-hydrogen) atoms. The molecule has 3 aromatic rings. The van der Waals surface area contributed by atoms with E-state index in [1.807, 2.05) is 37.3 Å². The first-order valence-corrected chi connectivity index (χ1v) is 11.9. The summed E-state index contributed by atoms with van der Waals surface area (Å²) in [6.45, 7) is 2.88. The second kappa shape index (κ2) is 10.2. The number of nitrogens with zero attached hydrogens (tertiary/aromatic N) is 3. The van der Waals surface area contributed by atoms with Crippen LogP contribution in [0.3, 0.4) is 0 Å². The maximum Gasteiger partial charge on any atom is 0.265 e. The van der Waals surface area contributed by atoms with Crippen LogP contribution in [0.2, 0.25) is 5.02 Å². The number of aromatic nitrogens is 3. The molecule has 0 saturated heterocycles. The number of hydrogen-bond acceptors (Lipinski definition) is 6. The van der Waals surface area contributed by atoms with Gasteiger partial charge >= 0.3 is 0 Å². The molecule has 0 spiro atoms. The van der Waals surface area contributed by atoms with Crippen molar-refractivity contribution in [1.29, 1.82) is 0 Å². The highest BCUT2D eigenvalue weighted by atomic mass is 35.5. The highest BCUT2D eigenvalue weighted by Crippen LogP contribution is 2.29. The topological polar surface area (TPSA) is 106 Å². The minimum absolute atomic E-state index is 0.0308. The lowest BCUT2D eigenvalue weighted by Gasteiger charge is -2.13. The molecule has 0 fully saturated rings. The monoisotopic (exact) mass is 479 g/mol. The normalized spacial score (nSPS) is 11.3. The number of benzene rings is 2. The molecule has 0 aliphatic rings. The first-order chi connectivity index (χ1) is 14.8. The average molecular weight is 480 g/mol. The summed E-state index contributed by atoms with van der Waals surface area (Å²) >= 11 is 10.4. The van der Waals surface area contributed by atoms with Gasteiger partial charge in [0.25, 0.3) is 15.9 Å². The molecule has 2 N–H and O–H groups in total. The van der Waals surface area contributed by atoms with Crippen molar-refractivity contribution >= 4 is 46.1 Å². The number of unbranched alkanes of at least 4 members (excludes halogenated alkanes) is 1. The van der Waals surface area contributed by atoms with Crippen molar-refractivity contribution in [2.75, 3.05) is 4.72 Å². The molecule has 0 atom stereocenters. The van der Waals surface area contributed by atoms with Gasteiger partial charge in [0.05, 0.1) is 10.6 Å². The molecule has 1 aromatic heterocycles. The SMILES string of the molecule is CCCCn1cnnc1NS(=O)(=O)c1cc(C(=O)NCc2ccccc2)c(Cl)cc1S. The third-order valence-electron chi connectivity index (χ3n) is 4.47. The number of sulfonamides is 1. The minimum Gasteiger partial charge on any atom is -0.348 e. The van der Waals surface area contributed by atoms with E-state index in [0.29, 0.717) is 6.54 Å². The lowest BCUT2D eigenvalue weighted by molar-refractivity contribution is 0.0950. The van der Waals surface area contributed by atoms with Gasteiger partial charge in [0.2, 0.25) is 5.95 Å². The Balaban J connectivity index is 1.84. The molecule has 1 heterocycles. The number of carbonyl (C=O) groups is 1. The Bertz CT molecular complexity index is 1170. The van der Waals surface area contributed by atoms with E-state index in [4.69, 9.17) is 11.6 Å². The summed E-state index contributed by atoms with van der Waals surface area (Å²) < 4.78 is 30.0. The predicted octanol–water partition coefficient (Wildman–Crippen LogP) is 3.75. The summed E-state index contributed by atoms with van der Waals surface area (Å²) in [6.07, 6.45) is 3.24. The molecule has 0 radical (unpaired) electrons. The standard InChI is InChI=1S/C20H22ClN5O3S2/c1-2-3-9-26-13-23-24-20(26)25-31(28,29)18-10-15(16(21)11-17(18)30)19(27)22-12-14-7-5-4-6-8-14/h4-8,10-11,13,30H,2-3,9,12H2,1H3,(H,22,27)(H,24,25). The second-order valence-electron chi connectivity index (χ2n) is 6.78. The Hall–Kier alpha value is -2.56. The van der Waals surface area contributed by atoms with Gasteiger partial charge in [-0.05, 0) is 24.1 Å². The zero-order valence-corrected chi connectivity index (χ0v) is 19.2. The highest BCUT2D eigenvalue weighted by molar-refractivity contribution is 7.93. The van der Waals surface area contributed by atoms with Gasteiger partial charge in [0.15, 0.2) is 0 Å². The van der Waals surface area contributed by atoms with E-state index >= 15 is 0 Å². The van der Waals surface area contributed by atoms with Gasteiger partial charge in [-0.2, -0.15) is 0 Å². The van der Waals surface area contributed by atoms with Crippen LogP contribution in [0.4, 0.5) is 5.95 Å². The van der Waals surface area contributed by atoms with E-state index in [0.717, 1.165) is 18.4 Å². The number of hydrogen-bond donors (Lipinski definition) is 3. The van der Waals surface area contributed by atoms with Gasteiger partial charge < -0.3 is 5.32 Å². The van der Waals surface area contributed by atoms with Gasteiger partial charge in [0.1, 0.15) is 11.2 Å². The van der Waals surface area contributed by atoms with Gasteiger partial charge in [-0.3, -0.25) is 9.36 Å². The summed E-state index contributed by atoms with van der Waals surface area (Å²) in [4.78, 5) is 12.6. The van der Waals surface area contributed by atoms with Crippen LogP contribution in [-0.4, -0.2) is 29.1 Å². The fourth-order valence-electron chi connectivity index (χ4n) is 2.81. The first kappa shape index (κ1) is 23.1. The van der Waals surface area contributed by atoms with Gasteiger partial charge in [0, 0.05) is 18.0 Å². The van der Waals surface area contributed by atoms with Gasteiger partial charge in [-0.1, -0.05) is 55.3 Å². The molecule has 0 bridgehead atoms. The van der Waals surface area contributed by atoms with Crippen LogP contribution >= 0.6 is 24.2 Å². The van der Waals surface area contributed by atoms with Crippen LogP contribution in [0, 0.1) is 0 Å². The van der Waals surface area contributed by atoms with Crippen LogP contribution < -0.4 is 10.0 Å². The van der Waals surface area contributed by atoms with Crippen molar-refractivity contribution in [2.24, 2.45) is 0 Å². The van der Waals surface area contributed by atoms with E-state index in [1.54, 1.807) is 4.57 Å². The molecule has 2 aromatic carbocycles. The fourth-order valence-corrected chi connectivity index (χ4v) is 4.80. The van der Waals surface area contributed by atoms with E-state index in [1.165, 1.54) is 18.5 Å². The van der Waals surface area contributed by atoms with Crippen LogP contribution in [0.5, 0.6) is 0 Å². The van der Waals surface area contributed by atoms with Gasteiger partial charge in [-0.25, -0.2) is 13.1 Å². The molecule has 11 heteroatoms. The summed E-state index contributed by atoms with van der Waals surface area (Å²) in [5, 5.41) is 10.4. The molecule has 3 rings (SSSR count). The van der Waals surface area contributed by atoms with Crippen molar-refractivity contribution in [3.63, 3.8) is 0 Å². The predicted molar refractivity (Wildman–Crippen MR) is 122 cm³/mol. The average Bonchev–Trinajstić information content (AvgIpc) is 3.17. The van der Waals surface area contributed by atoms with Crippen LogP contribution in [0.25, 0.3) is 0 Å². The van der Waals surface area contributed by atoms with Gasteiger partial charge in [-0.15, -0.1) is 22.8 Å². The quantitative estimate of drug-likeness (QED) is 0.405. The molecular weight excluding hydrogens is 458 g/mol. The molecule has 164 valence electrons. The lowest BCUT2D eigenvalue weighted by atomic mass is 10.2. The summed E-state index contributed by atoms with van der Waals surface area (Å²) in [5.41, 5.74) is 0.932. The van der Waals surface area contributed by atoms with Crippen molar-refractivity contribution in [1.82, 2.24) is 20.1 Å². The Labute approximate surface area is 191 Å². The second-order valence-corrected chi connectivity index (χ2v) is 9.31. The Kier molecular flexibility index (Phi) is 7.58. The number of aryl methyl sites for hydroxylation is 1. The number of thiol groups is 1. The summed E-state index contributed by atoms with van der Waals surface area (Å²) in [6, 6.07) is 11.9. The zero-order valence-electron chi connectivity index (χ0n) is 16.7. The molecule has 8 nitrogen and oxygen atoms in total. The van der Waals surface area contributed by atoms with Crippen LogP contribution in [-0.2, 0) is 23.1 Å². The largest absolute Gasteiger partial charge is 0.348 e. The molecule has 0 aliphatic carbocycles. The molecule has 1 amide bonds. The summed E-state index contributed by atoms with van der Waals surface area (Å²) in [5.74, 6) is -0.407. The number of halogens is 1. The highest BCUT2D eigenvalue weighted by Gasteiger charge is 2.24.